The Morgan fingerprint density at radius 3 is 2.50 bits per heavy atom. The third-order valence-electron chi connectivity index (χ3n) is 5.18. The predicted octanol–water partition coefficient (Wildman–Crippen LogP) is -0.591. The molecule has 13 nitrogen and oxygen atoms in total. The molecule has 0 radical (unpaired) electrons. The van der Waals surface area contributed by atoms with Crippen LogP contribution in [0.15, 0.2) is 41.3 Å². The molecule has 2 aromatic heterocycles. The number of anilines is 1. The number of sulfonamides is 1. The Kier molecular flexibility index (Phi) is 5.85. The molecule has 1 aliphatic heterocycles. The minimum Gasteiger partial charge on any atom is -0.355 e. The second-order valence-corrected chi connectivity index (χ2v) is 8.99. The van der Waals surface area contributed by atoms with Gasteiger partial charge in [-0.15, -0.1) is 14.8 Å². The highest BCUT2D eigenvalue weighted by molar-refractivity contribution is 7.90. The maximum atomic E-state index is 12.6. The van der Waals surface area contributed by atoms with Crippen molar-refractivity contribution in [1.82, 2.24) is 35.3 Å². The minimum atomic E-state index is -4.00. The van der Waals surface area contributed by atoms with E-state index in [1.54, 1.807) is 24.3 Å². The Hall–Kier alpha value is -3.81. The lowest BCUT2D eigenvalue weighted by molar-refractivity contribution is -0.123. The highest BCUT2D eigenvalue weighted by atomic mass is 32.2. The van der Waals surface area contributed by atoms with Crippen LogP contribution in [0.2, 0.25) is 0 Å². The molecule has 0 atom stereocenters. The van der Waals surface area contributed by atoms with Crippen molar-refractivity contribution in [1.29, 1.82) is 0 Å². The number of amides is 3. The van der Waals surface area contributed by atoms with Crippen molar-refractivity contribution in [3.05, 3.63) is 42.0 Å². The smallest absolute Gasteiger partial charge is 0.312 e. The lowest BCUT2D eigenvalue weighted by atomic mass is 9.96. The van der Waals surface area contributed by atoms with Crippen LogP contribution in [0.25, 0.3) is 5.65 Å². The first-order valence-electron chi connectivity index (χ1n) is 9.81. The lowest BCUT2D eigenvalue weighted by Crippen LogP contribution is -2.42. The number of aromatic nitrogens is 5. The summed E-state index contributed by atoms with van der Waals surface area (Å²) >= 11 is 0. The molecule has 14 heteroatoms. The molecule has 1 aliphatic rings. The molecule has 0 unspecified atom stereocenters. The Bertz CT molecular complexity index is 1230. The molecule has 0 aliphatic carbocycles. The first-order chi connectivity index (χ1) is 15.3. The van der Waals surface area contributed by atoms with Gasteiger partial charge in [0.15, 0.2) is 11.5 Å². The Balaban J connectivity index is 1.34. The number of nitrogens with two attached hydrogens (primary N) is 1. The normalized spacial score (nSPS) is 14.9. The van der Waals surface area contributed by atoms with Gasteiger partial charge in [-0.25, -0.2) is 17.9 Å². The van der Waals surface area contributed by atoms with Gasteiger partial charge in [-0.05, 0) is 53.1 Å². The first-order valence-corrected chi connectivity index (χ1v) is 11.3. The van der Waals surface area contributed by atoms with Crippen LogP contribution >= 0.6 is 0 Å². The second kappa shape index (κ2) is 8.74. The molecule has 0 saturated carbocycles. The molecule has 168 valence electrons. The number of hydrogen-bond acceptors (Lipinski definition) is 9. The summed E-state index contributed by atoms with van der Waals surface area (Å²) in [6, 6.07) is 8.71. The summed E-state index contributed by atoms with van der Waals surface area (Å²) in [5.74, 6) is -0.285. The van der Waals surface area contributed by atoms with E-state index in [4.69, 9.17) is 5.73 Å². The molecular weight excluding hydrogens is 438 g/mol. The fourth-order valence-electron chi connectivity index (χ4n) is 3.43. The zero-order valence-corrected chi connectivity index (χ0v) is 17.7. The number of hydrogen-bond donors (Lipinski definition) is 3. The van der Waals surface area contributed by atoms with E-state index >= 15 is 0 Å². The summed E-state index contributed by atoms with van der Waals surface area (Å²) in [4.78, 5) is 25.3. The van der Waals surface area contributed by atoms with Crippen molar-refractivity contribution in [3.8, 4) is 0 Å². The lowest BCUT2D eigenvalue weighted by Gasteiger charge is -2.31. The molecule has 32 heavy (non-hydrogen) atoms. The van der Waals surface area contributed by atoms with Crippen LogP contribution in [-0.4, -0.2) is 58.7 Å². The van der Waals surface area contributed by atoms with E-state index in [2.05, 4.69) is 30.7 Å². The standard InChI is InChI=1S/C18H21N9O4S/c19-18(29)20-11-12-1-3-14(4-2-12)32(30,31)23-17(28)13-7-9-26(10-8-13)16-6-5-15-21-24-25-27(15)22-16/h1-6,13H,7-11H2,(H,23,28)(H3,19,20,29). The largest absolute Gasteiger partial charge is 0.355 e. The van der Waals surface area contributed by atoms with Crippen LogP contribution in [0.1, 0.15) is 18.4 Å². The Morgan fingerprint density at radius 2 is 1.81 bits per heavy atom. The number of fused-ring (bicyclic) bond motifs is 1. The van der Waals surface area contributed by atoms with Gasteiger partial charge in [-0.2, -0.15) is 0 Å². The van der Waals surface area contributed by atoms with E-state index in [0.717, 1.165) is 0 Å². The number of rotatable bonds is 6. The fourth-order valence-corrected chi connectivity index (χ4v) is 4.47. The maximum absolute atomic E-state index is 12.6. The van der Waals surface area contributed by atoms with E-state index in [1.165, 1.54) is 16.8 Å². The number of urea groups is 1. The van der Waals surface area contributed by atoms with Gasteiger partial charge in [-0.3, -0.25) is 4.79 Å². The molecule has 4 rings (SSSR count). The van der Waals surface area contributed by atoms with Crippen LogP contribution < -0.4 is 20.7 Å². The van der Waals surface area contributed by atoms with E-state index in [-0.39, 0.29) is 11.4 Å². The van der Waals surface area contributed by atoms with Crippen LogP contribution in [0.4, 0.5) is 10.6 Å². The number of carbonyl (C=O) groups is 2. The van der Waals surface area contributed by atoms with Gasteiger partial charge >= 0.3 is 6.03 Å². The number of benzene rings is 1. The zero-order chi connectivity index (χ0) is 22.7. The van der Waals surface area contributed by atoms with E-state index < -0.39 is 27.9 Å². The quantitative estimate of drug-likeness (QED) is 0.434. The van der Waals surface area contributed by atoms with Gasteiger partial charge < -0.3 is 16.0 Å². The van der Waals surface area contributed by atoms with Gasteiger partial charge in [0.1, 0.15) is 0 Å². The molecule has 1 fully saturated rings. The van der Waals surface area contributed by atoms with Crippen molar-refractivity contribution in [2.24, 2.45) is 11.7 Å². The molecule has 0 spiro atoms. The van der Waals surface area contributed by atoms with Gasteiger partial charge in [0.25, 0.3) is 10.0 Å². The van der Waals surface area contributed by atoms with E-state index in [0.29, 0.717) is 43.0 Å². The molecule has 1 aromatic carbocycles. The third-order valence-corrected chi connectivity index (χ3v) is 6.54. The summed E-state index contributed by atoms with van der Waals surface area (Å²) in [6.45, 7) is 1.26. The van der Waals surface area contributed by atoms with Crippen molar-refractivity contribution in [3.63, 3.8) is 0 Å². The molecule has 0 bridgehead atoms. The first kappa shape index (κ1) is 21.4. The number of primary amides is 1. The summed E-state index contributed by atoms with van der Waals surface area (Å²) < 4.78 is 28.7. The number of nitrogens with zero attached hydrogens (tertiary/aromatic N) is 6. The van der Waals surface area contributed by atoms with Crippen LogP contribution in [0.5, 0.6) is 0 Å². The van der Waals surface area contributed by atoms with Crippen molar-refractivity contribution in [2.45, 2.75) is 24.3 Å². The molecule has 1 saturated heterocycles. The van der Waals surface area contributed by atoms with Gasteiger partial charge in [-0.1, -0.05) is 12.1 Å². The number of nitrogens with one attached hydrogen (secondary N) is 2. The molecular formula is C18H21N9O4S. The molecule has 3 amide bonds. The van der Waals surface area contributed by atoms with Gasteiger partial charge in [0.05, 0.1) is 4.90 Å². The fraction of sp³-hybridized carbons (Fsp3) is 0.333. The Morgan fingerprint density at radius 1 is 1.09 bits per heavy atom. The van der Waals surface area contributed by atoms with Crippen LogP contribution in [0, 0.1) is 5.92 Å². The number of carbonyl (C=O) groups excluding carboxylic acids is 2. The number of piperidine rings is 1. The second-order valence-electron chi connectivity index (χ2n) is 7.31. The summed E-state index contributed by atoms with van der Waals surface area (Å²) in [5, 5.41) is 17.9. The predicted molar refractivity (Wildman–Crippen MR) is 112 cm³/mol. The van der Waals surface area contributed by atoms with Gasteiger partial charge in [0.2, 0.25) is 5.91 Å². The maximum Gasteiger partial charge on any atom is 0.312 e. The van der Waals surface area contributed by atoms with Crippen LogP contribution in [0.3, 0.4) is 0 Å². The third kappa shape index (κ3) is 4.74. The average Bonchev–Trinajstić information content (AvgIpc) is 3.26. The summed E-state index contributed by atoms with van der Waals surface area (Å²) in [6.07, 6.45) is 0.961. The molecule has 3 heterocycles. The average molecular weight is 459 g/mol. The van der Waals surface area contributed by atoms with E-state index in [9.17, 15) is 18.0 Å². The topological polar surface area (TPSA) is 178 Å². The molecule has 3 aromatic rings. The molecule has 4 N–H and O–H groups in total. The van der Waals surface area contributed by atoms with Crippen LogP contribution in [-0.2, 0) is 21.4 Å². The Labute approximate surface area is 183 Å². The summed E-state index contributed by atoms with van der Waals surface area (Å²) in [7, 11) is -4.00. The minimum absolute atomic E-state index is 0.0370. The highest BCUT2D eigenvalue weighted by Crippen LogP contribution is 2.22. The SMILES string of the molecule is NC(=O)NCc1ccc(S(=O)(=O)NC(=O)C2CCN(c3ccc4nnnn4n3)CC2)cc1. The van der Waals surface area contributed by atoms with Crippen molar-refractivity contribution >= 4 is 33.4 Å². The van der Waals surface area contributed by atoms with Crippen molar-refractivity contribution in [2.75, 3.05) is 18.0 Å². The zero-order valence-electron chi connectivity index (χ0n) is 16.9. The van der Waals surface area contributed by atoms with Crippen molar-refractivity contribution < 1.29 is 18.0 Å². The number of tetrazole rings is 1. The van der Waals surface area contributed by atoms with Gasteiger partial charge in [0, 0.05) is 25.6 Å². The summed E-state index contributed by atoms with van der Waals surface area (Å²) in [5.41, 5.74) is 6.22. The monoisotopic (exact) mass is 459 g/mol. The highest BCUT2D eigenvalue weighted by Gasteiger charge is 2.29. The van der Waals surface area contributed by atoms with E-state index in [1.807, 2.05) is 4.90 Å².